The van der Waals surface area contributed by atoms with Crippen LogP contribution in [-0.4, -0.2) is 53.3 Å². The second kappa shape index (κ2) is 9.28. The number of piperazine rings is 1. The van der Waals surface area contributed by atoms with Gasteiger partial charge in [0, 0.05) is 37.4 Å². The van der Waals surface area contributed by atoms with E-state index >= 15 is 0 Å². The van der Waals surface area contributed by atoms with Crippen LogP contribution >= 0.6 is 0 Å². The summed E-state index contributed by atoms with van der Waals surface area (Å²) in [6.07, 6.45) is 3.30. The molecule has 0 spiro atoms. The third-order valence-corrected chi connectivity index (χ3v) is 4.75. The molecule has 0 aliphatic carbocycles. The van der Waals surface area contributed by atoms with Gasteiger partial charge in [0.2, 0.25) is 5.75 Å². The lowest BCUT2D eigenvalue weighted by Gasteiger charge is -2.29. The largest absolute Gasteiger partial charge is 0.493 e. The van der Waals surface area contributed by atoms with Gasteiger partial charge in [-0.1, -0.05) is 6.08 Å². The Hall–Kier alpha value is -2.99. The van der Waals surface area contributed by atoms with Gasteiger partial charge in [0.1, 0.15) is 0 Å². The van der Waals surface area contributed by atoms with Gasteiger partial charge in [-0.25, -0.2) is 0 Å². The van der Waals surface area contributed by atoms with Crippen LogP contribution in [0.15, 0.2) is 42.5 Å². The van der Waals surface area contributed by atoms with Crippen molar-refractivity contribution < 1.29 is 19.0 Å². The van der Waals surface area contributed by atoms with E-state index in [1.807, 2.05) is 24.3 Å². The number of hydrogen-bond acceptors (Lipinski definition) is 6. The van der Waals surface area contributed by atoms with Crippen molar-refractivity contribution in [3.63, 3.8) is 0 Å². The zero-order chi connectivity index (χ0) is 19.9. The Morgan fingerprint density at radius 3 is 2.11 bits per heavy atom. The zero-order valence-corrected chi connectivity index (χ0v) is 16.5. The molecule has 1 aliphatic heterocycles. The summed E-state index contributed by atoms with van der Waals surface area (Å²) in [6.45, 7) is 3.93. The molecule has 0 saturated carbocycles. The summed E-state index contributed by atoms with van der Waals surface area (Å²) in [5, 5.41) is 3.34. The fourth-order valence-corrected chi connectivity index (χ4v) is 3.23. The third-order valence-electron chi connectivity index (χ3n) is 4.75. The molecule has 2 aromatic carbocycles. The van der Waals surface area contributed by atoms with Crippen molar-refractivity contribution in [3.8, 4) is 17.2 Å². The summed E-state index contributed by atoms with van der Waals surface area (Å²) >= 11 is 0. The summed E-state index contributed by atoms with van der Waals surface area (Å²) in [7, 11) is 4.69. The van der Waals surface area contributed by atoms with Gasteiger partial charge in [-0.3, -0.25) is 4.79 Å². The minimum absolute atomic E-state index is 0.0550. The molecule has 0 atom stereocenters. The normalized spacial score (nSPS) is 14.2. The maximum absolute atomic E-state index is 12.5. The van der Waals surface area contributed by atoms with Crippen LogP contribution in [0.5, 0.6) is 17.2 Å². The molecule has 148 valence electrons. The predicted octanol–water partition coefficient (Wildman–Crippen LogP) is 3.02. The Morgan fingerprint density at radius 1 is 0.964 bits per heavy atom. The van der Waals surface area contributed by atoms with Crippen LogP contribution in [-0.2, 0) is 0 Å². The van der Waals surface area contributed by atoms with Crippen molar-refractivity contribution in [2.45, 2.75) is 0 Å². The summed E-state index contributed by atoms with van der Waals surface area (Å²) < 4.78 is 16.0. The number of anilines is 1. The molecule has 6 heteroatoms. The lowest BCUT2D eigenvalue weighted by molar-refractivity contribution is 0.104. The maximum Gasteiger partial charge on any atom is 0.203 e. The molecule has 1 N–H and O–H groups in total. The first-order chi connectivity index (χ1) is 13.7. The number of nitrogens with one attached hydrogen (secondary N) is 1. The summed E-state index contributed by atoms with van der Waals surface area (Å²) in [4.78, 5) is 14.9. The van der Waals surface area contributed by atoms with Crippen LogP contribution in [0.1, 0.15) is 15.9 Å². The third kappa shape index (κ3) is 4.46. The van der Waals surface area contributed by atoms with E-state index in [4.69, 9.17) is 14.2 Å². The molecule has 0 aromatic heterocycles. The van der Waals surface area contributed by atoms with Gasteiger partial charge >= 0.3 is 0 Å². The van der Waals surface area contributed by atoms with Crippen LogP contribution in [0.2, 0.25) is 0 Å². The van der Waals surface area contributed by atoms with E-state index < -0.39 is 0 Å². The van der Waals surface area contributed by atoms with Crippen LogP contribution in [0.4, 0.5) is 5.69 Å². The molecule has 0 radical (unpaired) electrons. The van der Waals surface area contributed by atoms with Crippen LogP contribution in [0.25, 0.3) is 6.08 Å². The SMILES string of the molecule is COc1cc(/C=C/C(=O)c2ccc(N3CCNCC3)cc2)cc(OC)c1OC. The van der Waals surface area contributed by atoms with Crippen molar-refractivity contribution in [3.05, 3.63) is 53.6 Å². The molecular formula is C22H26N2O4. The van der Waals surface area contributed by atoms with E-state index in [1.165, 1.54) is 0 Å². The quantitative estimate of drug-likeness (QED) is 0.587. The second-order valence-electron chi connectivity index (χ2n) is 6.44. The fourth-order valence-electron chi connectivity index (χ4n) is 3.23. The molecule has 0 bridgehead atoms. The van der Waals surface area contributed by atoms with Crippen LogP contribution < -0.4 is 24.4 Å². The van der Waals surface area contributed by atoms with Crippen molar-refractivity contribution in [1.29, 1.82) is 0 Å². The molecule has 1 heterocycles. The molecule has 28 heavy (non-hydrogen) atoms. The standard InChI is InChI=1S/C22H26N2O4/c1-26-20-14-16(15-21(27-2)22(20)28-3)4-9-19(25)17-5-7-18(8-6-17)24-12-10-23-11-13-24/h4-9,14-15,23H,10-13H2,1-3H3/b9-4+. The molecule has 2 aromatic rings. The molecule has 3 rings (SSSR count). The summed E-state index contributed by atoms with van der Waals surface area (Å²) in [5.41, 5.74) is 2.59. The molecular weight excluding hydrogens is 356 g/mol. The van der Waals surface area contributed by atoms with Gasteiger partial charge in [0.15, 0.2) is 17.3 Å². The predicted molar refractivity (Wildman–Crippen MR) is 111 cm³/mol. The monoisotopic (exact) mass is 382 g/mol. The van der Waals surface area contributed by atoms with Gasteiger partial charge in [0.25, 0.3) is 0 Å². The zero-order valence-electron chi connectivity index (χ0n) is 16.5. The number of carbonyl (C=O) groups is 1. The molecule has 0 unspecified atom stereocenters. The van der Waals surface area contributed by atoms with E-state index in [-0.39, 0.29) is 5.78 Å². The Morgan fingerprint density at radius 2 is 1.57 bits per heavy atom. The van der Waals surface area contributed by atoms with E-state index in [0.717, 1.165) is 37.4 Å². The van der Waals surface area contributed by atoms with E-state index in [1.54, 1.807) is 45.6 Å². The van der Waals surface area contributed by atoms with Gasteiger partial charge in [0.05, 0.1) is 21.3 Å². The van der Waals surface area contributed by atoms with Crippen molar-refractivity contribution in [2.75, 3.05) is 52.4 Å². The smallest absolute Gasteiger partial charge is 0.203 e. The number of ketones is 1. The van der Waals surface area contributed by atoms with Crippen LogP contribution in [0, 0.1) is 0 Å². The Kier molecular flexibility index (Phi) is 6.55. The van der Waals surface area contributed by atoms with Crippen molar-refractivity contribution >= 4 is 17.5 Å². The van der Waals surface area contributed by atoms with Gasteiger partial charge < -0.3 is 24.4 Å². The molecule has 1 fully saturated rings. The highest BCUT2D eigenvalue weighted by atomic mass is 16.5. The number of ether oxygens (including phenoxy) is 3. The molecule has 0 amide bonds. The Balaban J connectivity index is 1.74. The number of nitrogens with zero attached hydrogens (tertiary/aromatic N) is 1. The average molecular weight is 382 g/mol. The topological polar surface area (TPSA) is 60.0 Å². The highest BCUT2D eigenvalue weighted by Gasteiger charge is 2.13. The number of allylic oxidation sites excluding steroid dienone is 1. The van der Waals surface area contributed by atoms with Crippen molar-refractivity contribution in [1.82, 2.24) is 5.32 Å². The number of methoxy groups -OCH3 is 3. The number of benzene rings is 2. The highest BCUT2D eigenvalue weighted by molar-refractivity contribution is 6.07. The van der Waals surface area contributed by atoms with Gasteiger partial charge in [-0.15, -0.1) is 0 Å². The van der Waals surface area contributed by atoms with Crippen molar-refractivity contribution in [2.24, 2.45) is 0 Å². The Bertz CT molecular complexity index is 815. The maximum atomic E-state index is 12.5. The molecule has 1 saturated heterocycles. The minimum Gasteiger partial charge on any atom is -0.493 e. The summed E-state index contributed by atoms with van der Waals surface area (Å²) in [5.74, 6) is 1.57. The van der Waals surface area contributed by atoms with Gasteiger partial charge in [-0.2, -0.15) is 0 Å². The Labute approximate surface area is 165 Å². The first-order valence-electron chi connectivity index (χ1n) is 9.24. The second-order valence-corrected chi connectivity index (χ2v) is 6.44. The first kappa shape index (κ1) is 19.8. The number of carbonyl (C=O) groups excluding carboxylic acids is 1. The fraction of sp³-hybridized carbons (Fsp3) is 0.318. The van der Waals surface area contributed by atoms with Crippen LogP contribution in [0.3, 0.4) is 0 Å². The average Bonchev–Trinajstić information content (AvgIpc) is 2.77. The lowest BCUT2D eigenvalue weighted by Crippen LogP contribution is -2.43. The molecule has 6 nitrogen and oxygen atoms in total. The lowest BCUT2D eigenvalue weighted by atomic mass is 10.1. The van der Waals surface area contributed by atoms with E-state index in [2.05, 4.69) is 10.2 Å². The summed E-state index contributed by atoms with van der Waals surface area (Å²) in [6, 6.07) is 11.4. The number of hydrogen-bond donors (Lipinski definition) is 1. The first-order valence-corrected chi connectivity index (χ1v) is 9.24. The highest BCUT2D eigenvalue weighted by Crippen LogP contribution is 2.38. The number of rotatable bonds is 7. The minimum atomic E-state index is -0.0550. The van der Waals surface area contributed by atoms with E-state index in [9.17, 15) is 4.79 Å². The van der Waals surface area contributed by atoms with Gasteiger partial charge in [-0.05, 0) is 48.0 Å². The van der Waals surface area contributed by atoms with E-state index in [0.29, 0.717) is 22.8 Å². The molecule has 1 aliphatic rings.